The molecule has 3 aromatic rings. The topological polar surface area (TPSA) is 103 Å². The lowest BCUT2D eigenvalue weighted by Gasteiger charge is -2.19. The fourth-order valence-corrected chi connectivity index (χ4v) is 2.59. The Balaban J connectivity index is 2.07. The van der Waals surface area contributed by atoms with E-state index in [1.165, 1.54) is 30.5 Å². The van der Waals surface area contributed by atoms with Gasteiger partial charge in [-0.2, -0.15) is 0 Å². The predicted molar refractivity (Wildman–Crippen MR) is 95.1 cm³/mol. The van der Waals surface area contributed by atoms with Crippen LogP contribution in [0.25, 0.3) is 22.1 Å². The predicted octanol–water partition coefficient (Wildman–Crippen LogP) is 4.67. The number of nitrogens with zero attached hydrogens (tertiary/aromatic N) is 1. The number of hydrogen-bond acceptors (Lipinski definition) is 6. The normalized spacial score (nSPS) is 11.5. The molecule has 7 heteroatoms. The number of rotatable bonds is 3. The summed E-state index contributed by atoms with van der Waals surface area (Å²) in [6.45, 7) is 5.19. The molecule has 0 fully saturated rings. The molecule has 0 spiro atoms. The molecule has 0 amide bonds. The van der Waals surface area contributed by atoms with Crippen molar-refractivity contribution >= 4 is 22.6 Å². The lowest BCUT2D eigenvalue weighted by molar-refractivity contribution is -0.384. The number of carbonyl (C=O) groups excluding carboxylic acids is 1. The number of hydrogen-bond donors (Lipinski definition) is 1. The van der Waals surface area contributed by atoms with Crippen molar-refractivity contribution in [2.75, 3.05) is 0 Å². The molecule has 3 rings (SSSR count). The number of nitro groups is 1. The standard InChI is InChI=1S/C19H17NO6/c1-19(2,3)26-18(22)14-5-4-11(9-16(14)21)15-10-13(20(23)24)8-12-6-7-25-17(12)15/h4-10,21H,1-3H3. The maximum Gasteiger partial charge on any atom is 0.342 e. The molecule has 1 N–H and O–H groups in total. The molecule has 1 aromatic heterocycles. The average Bonchev–Trinajstić information content (AvgIpc) is 3.00. The SMILES string of the molecule is CC(C)(C)OC(=O)c1ccc(-c2cc([N+](=O)[O-])cc3ccoc23)cc1O. The Morgan fingerprint density at radius 2 is 1.92 bits per heavy atom. The van der Waals surface area contributed by atoms with Gasteiger partial charge < -0.3 is 14.3 Å². The molecule has 0 aliphatic rings. The minimum absolute atomic E-state index is 0.0183. The van der Waals surface area contributed by atoms with E-state index in [2.05, 4.69) is 0 Å². The first kappa shape index (κ1) is 17.5. The van der Waals surface area contributed by atoms with Crippen molar-refractivity contribution in [3.8, 4) is 16.9 Å². The molecular weight excluding hydrogens is 338 g/mol. The summed E-state index contributed by atoms with van der Waals surface area (Å²) >= 11 is 0. The maximum atomic E-state index is 12.2. The Morgan fingerprint density at radius 1 is 1.19 bits per heavy atom. The van der Waals surface area contributed by atoms with Gasteiger partial charge in [0.2, 0.25) is 0 Å². The van der Waals surface area contributed by atoms with E-state index in [1.54, 1.807) is 32.9 Å². The van der Waals surface area contributed by atoms with Gasteiger partial charge in [-0.3, -0.25) is 10.1 Å². The lowest BCUT2D eigenvalue weighted by Crippen LogP contribution is -2.23. The lowest BCUT2D eigenvalue weighted by atomic mass is 10.0. The van der Waals surface area contributed by atoms with Gasteiger partial charge in [0.1, 0.15) is 22.5 Å². The monoisotopic (exact) mass is 355 g/mol. The van der Waals surface area contributed by atoms with Gasteiger partial charge in [-0.05, 0) is 44.5 Å². The van der Waals surface area contributed by atoms with Gasteiger partial charge in [0.25, 0.3) is 5.69 Å². The molecule has 26 heavy (non-hydrogen) atoms. The number of nitro benzene ring substituents is 1. The zero-order chi connectivity index (χ0) is 19.1. The minimum Gasteiger partial charge on any atom is -0.507 e. The molecule has 2 aromatic carbocycles. The van der Waals surface area contributed by atoms with Crippen LogP contribution >= 0.6 is 0 Å². The van der Waals surface area contributed by atoms with Crippen molar-refractivity contribution in [1.82, 2.24) is 0 Å². The van der Waals surface area contributed by atoms with E-state index in [0.717, 1.165) is 0 Å². The van der Waals surface area contributed by atoms with Crippen LogP contribution in [-0.4, -0.2) is 21.6 Å². The molecule has 0 radical (unpaired) electrons. The summed E-state index contributed by atoms with van der Waals surface area (Å²) in [5.41, 5.74) is 0.626. The van der Waals surface area contributed by atoms with Gasteiger partial charge in [-0.15, -0.1) is 0 Å². The summed E-state index contributed by atoms with van der Waals surface area (Å²) in [6, 6.07) is 8.78. The van der Waals surface area contributed by atoms with Crippen LogP contribution in [0, 0.1) is 10.1 Å². The highest BCUT2D eigenvalue weighted by Crippen LogP contribution is 2.36. The van der Waals surface area contributed by atoms with Crippen LogP contribution in [0.1, 0.15) is 31.1 Å². The third-order valence-corrected chi connectivity index (χ3v) is 3.67. The van der Waals surface area contributed by atoms with Gasteiger partial charge in [0.15, 0.2) is 0 Å². The van der Waals surface area contributed by atoms with Crippen LogP contribution < -0.4 is 0 Å². The van der Waals surface area contributed by atoms with Crippen LogP contribution in [0.5, 0.6) is 5.75 Å². The Bertz CT molecular complexity index is 1010. The van der Waals surface area contributed by atoms with Crippen molar-refractivity contribution in [2.45, 2.75) is 26.4 Å². The van der Waals surface area contributed by atoms with Crippen LogP contribution in [-0.2, 0) is 4.74 Å². The van der Waals surface area contributed by atoms with Gasteiger partial charge in [-0.1, -0.05) is 6.07 Å². The molecule has 0 aliphatic carbocycles. The third kappa shape index (κ3) is 3.37. The number of aromatic hydroxyl groups is 1. The quantitative estimate of drug-likeness (QED) is 0.416. The van der Waals surface area contributed by atoms with Crippen molar-refractivity contribution in [2.24, 2.45) is 0 Å². The zero-order valence-electron chi connectivity index (χ0n) is 14.5. The Hall–Kier alpha value is -3.35. The molecule has 0 saturated heterocycles. The molecule has 0 bridgehead atoms. The second kappa shape index (κ2) is 6.18. The van der Waals surface area contributed by atoms with Crippen molar-refractivity contribution < 1.29 is 24.0 Å². The summed E-state index contributed by atoms with van der Waals surface area (Å²) in [4.78, 5) is 22.8. The van der Waals surface area contributed by atoms with Crippen LogP contribution in [0.2, 0.25) is 0 Å². The molecule has 1 heterocycles. The number of esters is 1. The van der Waals surface area contributed by atoms with Crippen LogP contribution in [0.15, 0.2) is 47.1 Å². The van der Waals surface area contributed by atoms with E-state index in [1.807, 2.05) is 0 Å². The number of carbonyl (C=O) groups is 1. The largest absolute Gasteiger partial charge is 0.507 e. The summed E-state index contributed by atoms with van der Waals surface area (Å²) in [5.74, 6) is -0.924. The molecule has 134 valence electrons. The number of phenols is 1. The highest BCUT2D eigenvalue weighted by molar-refractivity contribution is 5.97. The fourth-order valence-electron chi connectivity index (χ4n) is 2.59. The first-order valence-electron chi connectivity index (χ1n) is 7.88. The van der Waals surface area contributed by atoms with Crippen LogP contribution in [0.3, 0.4) is 0 Å². The van der Waals surface area contributed by atoms with E-state index in [4.69, 9.17) is 9.15 Å². The second-order valence-corrected chi connectivity index (χ2v) is 6.82. The van der Waals surface area contributed by atoms with E-state index < -0.39 is 16.5 Å². The summed E-state index contributed by atoms with van der Waals surface area (Å²) in [6.07, 6.45) is 1.44. The van der Waals surface area contributed by atoms with E-state index in [-0.39, 0.29) is 17.0 Å². The maximum absolute atomic E-state index is 12.2. The molecule has 0 aliphatic heterocycles. The van der Waals surface area contributed by atoms with Crippen LogP contribution in [0.4, 0.5) is 5.69 Å². The zero-order valence-corrected chi connectivity index (χ0v) is 14.5. The number of furan rings is 1. The fraction of sp³-hybridized carbons (Fsp3) is 0.211. The number of non-ortho nitro benzene ring substituents is 1. The number of phenolic OH excluding ortho intramolecular Hbond substituents is 1. The van der Waals surface area contributed by atoms with Gasteiger partial charge in [-0.25, -0.2) is 4.79 Å². The molecule has 0 saturated carbocycles. The Kier molecular flexibility index (Phi) is 4.15. The van der Waals surface area contributed by atoms with E-state index in [0.29, 0.717) is 22.1 Å². The first-order chi connectivity index (χ1) is 12.2. The van der Waals surface area contributed by atoms with Crippen molar-refractivity contribution in [1.29, 1.82) is 0 Å². The molecule has 0 unspecified atom stereocenters. The van der Waals surface area contributed by atoms with E-state index >= 15 is 0 Å². The molecular formula is C19H17NO6. The van der Waals surface area contributed by atoms with E-state index in [9.17, 15) is 20.0 Å². The highest BCUT2D eigenvalue weighted by Gasteiger charge is 2.22. The Morgan fingerprint density at radius 3 is 2.54 bits per heavy atom. The highest BCUT2D eigenvalue weighted by atomic mass is 16.6. The number of fused-ring (bicyclic) bond motifs is 1. The minimum atomic E-state index is -0.692. The third-order valence-electron chi connectivity index (χ3n) is 3.67. The van der Waals surface area contributed by atoms with Crippen molar-refractivity contribution in [3.05, 3.63) is 58.3 Å². The molecule has 0 atom stereocenters. The Labute approximate surface area is 149 Å². The summed E-state index contributed by atoms with van der Waals surface area (Å²) in [5, 5.41) is 22.0. The number of ether oxygens (including phenoxy) is 1. The molecule has 7 nitrogen and oxygen atoms in total. The van der Waals surface area contributed by atoms with Gasteiger partial charge >= 0.3 is 5.97 Å². The van der Waals surface area contributed by atoms with Crippen molar-refractivity contribution in [3.63, 3.8) is 0 Å². The number of benzene rings is 2. The summed E-state index contributed by atoms with van der Waals surface area (Å²) in [7, 11) is 0. The summed E-state index contributed by atoms with van der Waals surface area (Å²) < 4.78 is 10.7. The van der Waals surface area contributed by atoms with Gasteiger partial charge in [0, 0.05) is 23.1 Å². The first-order valence-corrected chi connectivity index (χ1v) is 7.88. The smallest absolute Gasteiger partial charge is 0.342 e. The second-order valence-electron chi connectivity index (χ2n) is 6.82. The van der Waals surface area contributed by atoms with Gasteiger partial charge in [0.05, 0.1) is 11.2 Å². The average molecular weight is 355 g/mol.